The standard InChI is InChI=1S/C26H34N2O7/c1-6-34-24(31)22(17-18-10-8-7-9-11-18)28(25(32)35-26(2,3)4)27-21(23(29)30)16-19-12-14-20(33-5)15-13-19/h7-15,21-22,27H,6,16-17H2,1-5H3,(H,29,30)/t21-,22-/m0/s1. The second-order valence-electron chi connectivity index (χ2n) is 8.88. The van der Waals surface area contributed by atoms with Crippen molar-refractivity contribution >= 4 is 18.0 Å². The summed E-state index contributed by atoms with van der Waals surface area (Å²) in [4.78, 5) is 38.3. The Balaban J connectivity index is 2.41. The zero-order valence-electron chi connectivity index (χ0n) is 20.8. The van der Waals surface area contributed by atoms with Crippen LogP contribution in [0.25, 0.3) is 0 Å². The van der Waals surface area contributed by atoms with E-state index in [9.17, 15) is 19.5 Å². The van der Waals surface area contributed by atoms with Crippen molar-refractivity contribution in [1.29, 1.82) is 0 Å². The predicted molar refractivity (Wildman–Crippen MR) is 130 cm³/mol. The fraction of sp³-hybridized carbons (Fsp3) is 0.423. The van der Waals surface area contributed by atoms with Crippen LogP contribution >= 0.6 is 0 Å². The Morgan fingerprint density at radius 2 is 1.57 bits per heavy atom. The van der Waals surface area contributed by atoms with E-state index in [2.05, 4.69) is 5.43 Å². The normalized spacial score (nSPS) is 12.8. The lowest BCUT2D eigenvalue weighted by molar-refractivity contribution is -0.153. The summed E-state index contributed by atoms with van der Waals surface area (Å²) < 4.78 is 15.9. The third-order valence-corrected chi connectivity index (χ3v) is 4.92. The summed E-state index contributed by atoms with van der Waals surface area (Å²) in [5.74, 6) is -1.24. The summed E-state index contributed by atoms with van der Waals surface area (Å²) in [5, 5.41) is 10.9. The molecule has 9 nitrogen and oxygen atoms in total. The van der Waals surface area contributed by atoms with Crippen molar-refractivity contribution in [3.8, 4) is 5.75 Å². The van der Waals surface area contributed by atoms with Crippen LogP contribution in [0.4, 0.5) is 4.79 Å². The van der Waals surface area contributed by atoms with Gasteiger partial charge in [0.1, 0.15) is 17.4 Å². The fourth-order valence-corrected chi connectivity index (χ4v) is 3.29. The van der Waals surface area contributed by atoms with Crippen molar-refractivity contribution in [1.82, 2.24) is 10.4 Å². The number of esters is 1. The van der Waals surface area contributed by atoms with Gasteiger partial charge in [-0.05, 0) is 51.0 Å². The fourth-order valence-electron chi connectivity index (χ4n) is 3.29. The smallest absolute Gasteiger partial charge is 0.425 e. The molecule has 0 aliphatic rings. The Morgan fingerprint density at radius 3 is 2.09 bits per heavy atom. The number of hydrogen-bond donors (Lipinski definition) is 2. The van der Waals surface area contributed by atoms with Gasteiger partial charge in [-0.1, -0.05) is 42.5 Å². The lowest BCUT2D eigenvalue weighted by atomic mass is 10.0. The Morgan fingerprint density at radius 1 is 0.971 bits per heavy atom. The van der Waals surface area contributed by atoms with Crippen molar-refractivity contribution in [3.05, 3.63) is 65.7 Å². The van der Waals surface area contributed by atoms with Crippen LogP contribution in [0.1, 0.15) is 38.8 Å². The molecule has 0 saturated carbocycles. The number of carbonyl (C=O) groups excluding carboxylic acids is 2. The van der Waals surface area contributed by atoms with Gasteiger partial charge in [-0.15, -0.1) is 0 Å². The number of hydrogen-bond acceptors (Lipinski definition) is 7. The number of nitrogens with zero attached hydrogens (tertiary/aromatic N) is 1. The molecule has 9 heteroatoms. The number of nitrogens with one attached hydrogen (secondary N) is 1. The van der Waals surface area contributed by atoms with E-state index in [1.807, 2.05) is 30.3 Å². The average molecular weight is 487 g/mol. The molecule has 2 aromatic rings. The molecule has 35 heavy (non-hydrogen) atoms. The molecule has 0 heterocycles. The summed E-state index contributed by atoms with van der Waals surface area (Å²) in [5.41, 5.74) is 3.33. The molecule has 1 amide bonds. The molecule has 2 N–H and O–H groups in total. The highest BCUT2D eigenvalue weighted by atomic mass is 16.6. The predicted octanol–water partition coefficient (Wildman–Crippen LogP) is 3.61. The first-order valence-corrected chi connectivity index (χ1v) is 11.4. The van der Waals surface area contributed by atoms with Gasteiger partial charge >= 0.3 is 18.0 Å². The third kappa shape index (κ3) is 8.94. The van der Waals surface area contributed by atoms with E-state index in [1.54, 1.807) is 52.0 Å². The molecule has 2 rings (SSSR count). The van der Waals surface area contributed by atoms with Gasteiger partial charge in [0.15, 0.2) is 6.04 Å². The molecule has 0 radical (unpaired) electrons. The first-order valence-electron chi connectivity index (χ1n) is 11.4. The van der Waals surface area contributed by atoms with Gasteiger partial charge in [-0.3, -0.25) is 4.79 Å². The average Bonchev–Trinajstić information content (AvgIpc) is 2.80. The van der Waals surface area contributed by atoms with E-state index in [4.69, 9.17) is 14.2 Å². The maximum absolute atomic E-state index is 13.2. The lowest BCUT2D eigenvalue weighted by Crippen LogP contribution is -2.60. The lowest BCUT2D eigenvalue weighted by Gasteiger charge is -2.34. The van der Waals surface area contributed by atoms with Crippen LogP contribution in [-0.2, 0) is 31.9 Å². The van der Waals surface area contributed by atoms with Crippen molar-refractivity contribution < 1.29 is 33.7 Å². The number of benzene rings is 2. The highest BCUT2D eigenvalue weighted by Gasteiger charge is 2.37. The van der Waals surface area contributed by atoms with Crippen LogP contribution < -0.4 is 10.2 Å². The minimum absolute atomic E-state index is 0.0412. The summed E-state index contributed by atoms with van der Waals surface area (Å²) >= 11 is 0. The summed E-state index contributed by atoms with van der Waals surface area (Å²) in [6, 6.07) is 13.6. The van der Waals surface area contributed by atoms with Gasteiger partial charge in [0, 0.05) is 12.8 Å². The van der Waals surface area contributed by atoms with Crippen LogP contribution in [0.5, 0.6) is 5.75 Å². The van der Waals surface area contributed by atoms with Crippen LogP contribution in [0.3, 0.4) is 0 Å². The molecule has 0 unspecified atom stereocenters. The summed E-state index contributed by atoms with van der Waals surface area (Å²) in [7, 11) is 1.54. The maximum Gasteiger partial charge on any atom is 0.425 e. The second kappa shape index (κ2) is 12.8. The topological polar surface area (TPSA) is 114 Å². The first-order chi connectivity index (χ1) is 16.5. The van der Waals surface area contributed by atoms with Crippen molar-refractivity contribution in [3.63, 3.8) is 0 Å². The van der Waals surface area contributed by atoms with Gasteiger partial charge < -0.3 is 19.3 Å². The van der Waals surface area contributed by atoms with Crippen molar-refractivity contribution in [2.75, 3.05) is 13.7 Å². The van der Waals surface area contributed by atoms with Gasteiger partial charge in [0.25, 0.3) is 0 Å². The largest absolute Gasteiger partial charge is 0.497 e. The number of carbonyl (C=O) groups is 3. The molecule has 2 atom stereocenters. The van der Waals surface area contributed by atoms with E-state index in [1.165, 1.54) is 7.11 Å². The zero-order chi connectivity index (χ0) is 26.0. The molecule has 0 aromatic heterocycles. The molecule has 0 fully saturated rings. The van der Waals surface area contributed by atoms with Gasteiger partial charge in [-0.2, -0.15) is 0 Å². The van der Waals surface area contributed by atoms with Gasteiger partial charge in [0.2, 0.25) is 0 Å². The zero-order valence-corrected chi connectivity index (χ0v) is 20.8. The van der Waals surface area contributed by atoms with Crippen molar-refractivity contribution in [2.45, 2.75) is 58.2 Å². The van der Waals surface area contributed by atoms with Crippen molar-refractivity contribution in [2.24, 2.45) is 0 Å². The highest BCUT2D eigenvalue weighted by Crippen LogP contribution is 2.17. The van der Waals surface area contributed by atoms with Crippen LogP contribution in [0, 0.1) is 0 Å². The number of amides is 1. The molecular formula is C26H34N2O7. The van der Waals surface area contributed by atoms with Gasteiger partial charge in [0.05, 0.1) is 13.7 Å². The Hall–Kier alpha value is -3.59. The quantitative estimate of drug-likeness (QED) is 0.366. The molecule has 0 aliphatic heterocycles. The minimum Gasteiger partial charge on any atom is -0.497 e. The SMILES string of the molecule is CCOC(=O)[C@H](Cc1ccccc1)N(N[C@@H](Cc1ccc(OC)cc1)C(=O)O)C(=O)OC(C)(C)C. The van der Waals surface area contributed by atoms with Gasteiger partial charge in [-0.25, -0.2) is 20.0 Å². The monoisotopic (exact) mass is 486 g/mol. The molecule has 0 spiro atoms. The van der Waals surface area contributed by atoms with Crippen LogP contribution in [0.15, 0.2) is 54.6 Å². The first kappa shape index (κ1) is 27.7. The van der Waals surface area contributed by atoms with E-state index in [0.717, 1.165) is 10.6 Å². The summed E-state index contributed by atoms with van der Waals surface area (Å²) in [6.45, 7) is 6.82. The molecule has 2 aromatic carbocycles. The third-order valence-electron chi connectivity index (χ3n) is 4.92. The molecule has 190 valence electrons. The minimum atomic E-state index is -1.23. The number of hydrazine groups is 1. The molecule has 0 saturated heterocycles. The molecule has 0 aliphatic carbocycles. The number of carboxylic acids is 1. The van der Waals surface area contributed by atoms with Crippen LogP contribution in [0.2, 0.25) is 0 Å². The van der Waals surface area contributed by atoms with Crippen LogP contribution in [-0.4, -0.2) is 59.5 Å². The Bertz CT molecular complexity index is 971. The number of rotatable bonds is 11. The number of methoxy groups -OCH3 is 1. The Kier molecular flexibility index (Phi) is 10.1. The Labute approximate surface area is 205 Å². The number of carboxylic acid groups (broad SMARTS) is 1. The number of aliphatic carboxylic acids is 1. The van der Waals surface area contributed by atoms with E-state index in [0.29, 0.717) is 11.3 Å². The second-order valence-corrected chi connectivity index (χ2v) is 8.88. The van der Waals surface area contributed by atoms with E-state index in [-0.39, 0.29) is 19.4 Å². The summed E-state index contributed by atoms with van der Waals surface area (Å²) in [6.07, 6.45) is -0.743. The van der Waals surface area contributed by atoms with E-state index < -0.39 is 35.7 Å². The number of ether oxygens (including phenoxy) is 3. The maximum atomic E-state index is 13.2. The highest BCUT2D eigenvalue weighted by molar-refractivity contribution is 5.82. The molecule has 0 bridgehead atoms. The van der Waals surface area contributed by atoms with E-state index >= 15 is 0 Å². The molecular weight excluding hydrogens is 452 g/mol.